The lowest BCUT2D eigenvalue weighted by atomic mass is 10.1. The minimum Gasteiger partial charge on any atom is -0.456 e. The summed E-state index contributed by atoms with van der Waals surface area (Å²) in [5.41, 5.74) is 3.43. The van der Waals surface area contributed by atoms with Gasteiger partial charge in [-0.15, -0.1) is 0 Å². The number of hydrogen-bond donors (Lipinski definition) is 1. The largest absolute Gasteiger partial charge is 0.456 e. The molecule has 9 nitrogen and oxygen atoms in total. The van der Waals surface area contributed by atoms with Crippen LogP contribution in [0.4, 0.5) is 5.69 Å². The van der Waals surface area contributed by atoms with Crippen LogP contribution in [0, 0.1) is 13.8 Å². The Kier molecular flexibility index (Phi) is 5.86. The molecule has 0 unspecified atom stereocenters. The minimum absolute atomic E-state index is 0.0531. The van der Waals surface area contributed by atoms with Crippen molar-refractivity contribution in [3.05, 3.63) is 34.6 Å². The number of hydrogen-bond acceptors (Lipinski definition) is 7. The number of Topliss-reactive ketones (excluding diaryl/α,β-unsaturated/α-hetero) is 1. The fraction of sp³-hybridized carbons (Fsp3) is 0.400. The molecule has 0 aliphatic carbocycles. The molecule has 1 aromatic heterocycles. The SMILES string of the molecule is CC(=O)c1cc2c(cc1NC(=O)COC(=O)CCc1c(C)nn(C)c1C)OCO2. The highest BCUT2D eigenvalue weighted by molar-refractivity contribution is 6.05. The Hall–Kier alpha value is -3.36. The molecule has 3 rings (SSSR count). The number of ether oxygens (including phenoxy) is 3. The molecule has 0 fully saturated rings. The predicted molar refractivity (Wildman–Crippen MR) is 103 cm³/mol. The molecule has 0 radical (unpaired) electrons. The van der Waals surface area contributed by atoms with Gasteiger partial charge in [0.1, 0.15) is 0 Å². The van der Waals surface area contributed by atoms with Crippen LogP contribution in [0.5, 0.6) is 11.5 Å². The van der Waals surface area contributed by atoms with Gasteiger partial charge in [0.05, 0.1) is 11.4 Å². The summed E-state index contributed by atoms with van der Waals surface area (Å²) in [4.78, 5) is 36.1. The second-order valence-electron chi connectivity index (χ2n) is 6.79. The Morgan fingerprint density at radius 1 is 1.21 bits per heavy atom. The molecule has 9 heteroatoms. The normalized spacial score (nSPS) is 12.0. The molecule has 1 amide bonds. The van der Waals surface area contributed by atoms with Gasteiger partial charge >= 0.3 is 5.97 Å². The maximum absolute atomic E-state index is 12.2. The molecular weight excluding hydrogens is 378 g/mol. The smallest absolute Gasteiger partial charge is 0.306 e. The fourth-order valence-corrected chi connectivity index (χ4v) is 3.15. The van der Waals surface area contributed by atoms with Gasteiger partial charge in [-0.3, -0.25) is 19.1 Å². The molecule has 0 atom stereocenters. The molecule has 0 saturated heterocycles. The monoisotopic (exact) mass is 401 g/mol. The third-order valence-electron chi connectivity index (χ3n) is 4.77. The summed E-state index contributed by atoms with van der Waals surface area (Å²) in [5.74, 6) is -0.392. The third-order valence-corrected chi connectivity index (χ3v) is 4.77. The van der Waals surface area contributed by atoms with Gasteiger partial charge in [-0.1, -0.05) is 0 Å². The number of aromatic nitrogens is 2. The van der Waals surface area contributed by atoms with Crippen LogP contribution in [0.15, 0.2) is 12.1 Å². The number of nitrogens with zero attached hydrogens (tertiary/aromatic N) is 2. The summed E-state index contributed by atoms with van der Waals surface area (Å²) in [6.45, 7) is 4.81. The lowest BCUT2D eigenvalue weighted by molar-refractivity contribution is -0.147. The average molecular weight is 401 g/mol. The maximum Gasteiger partial charge on any atom is 0.306 e. The first kappa shape index (κ1) is 20.4. The van der Waals surface area contributed by atoms with Crippen LogP contribution in [0.2, 0.25) is 0 Å². The second kappa shape index (κ2) is 8.34. The standard InChI is InChI=1S/C20H23N3O6/c1-11-14(12(2)23(4)22-11)5-6-20(26)27-9-19(25)21-16-8-18-17(28-10-29-18)7-15(16)13(3)24/h7-8H,5-6,9-10H2,1-4H3,(H,21,25). The number of carbonyl (C=O) groups is 3. The molecule has 1 aliphatic heterocycles. The van der Waals surface area contributed by atoms with E-state index in [1.165, 1.54) is 19.1 Å². The third kappa shape index (κ3) is 4.56. The number of rotatable bonds is 7. The van der Waals surface area contributed by atoms with Crippen molar-refractivity contribution in [3.63, 3.8) is 0 Å². The Morgan fingerprint density at radius 2 is 1.90 bits per heavy atom. The highest BCUT2D eigenvalue weighted by Crippen LogP contribution is 2.37. The summed E-state index contributed by atoms with van der Waals surface area (Å²) in [6, 6.07) is 3.04. The van der Waals surface area contributed by atoms with Crippen molar-refractivity contribution in [2.24, 2.45) is 7.05 Å². The van der Waals surface area contributed by atoms with Gasteiger partial charge in [0.25, 0.3) is 5.91 Å². The fourth-order valence-electron chi connectivity index (χ4n) is 3.15. The van der Waals surface area contributed by atoms with Crippen molar-refractivity contribution in [2.45, 2.75) is 33.6 Å². The molecule has 0 bridgehead atoms. The van der Waals surface area contributed by atoms with E-state index in [4.69, 9.17) is 14.2 Å². The number of amides is 1. The van der Waals surface area contributed by atoms with Crippen LogP contribution >= 0.6 is 0 Å². The number of carbonyl (C=O) groups excluding carboxylic acids is 3. The molecule has 1 aliphatic rings. The molecule has 1 aromatic carbocycles. The maximum atomic E-state index is 12.2. The first-order chi connectivity index (χ1) is 13.8. The molecule has 0 spiro atoms. The predicted octanol–water partition coefficient (Wildman–Crippen LogP) is 2.08. The van der Waals surface area contributed by atoms with E-state index < -0.39 is 18.5 Å². The van der Waals surface area contributed by atoms with E-state index in [1.54, 1.807) is 4.68 Å². The Balaban J connectivity index is 1.55. The van der Waals surface area contributed by atoms with Crippen molar-refractivity contribution in [1.29, 1.82) is 0 Å². The van der Waals surface area contributed by atoms with E-state index >= 15 is 0 Å². The van der Waals surface area contributed by atoms with E-state index in [-0.39, 0.29) is 30.2 Å². The summed E-state index contributed by atoms with van der Waals surface area (Å²) >= 11 is 0. The van der Waals surface area contributed by atoms with Crippen molar-refractivity contribution >= 4 is 23.3 Å². The molecule has 1 N–H and O–H groups in total. The Labute approximate surface area is 167 Å². The van der Waals surface area contributed by atoms with Gasteiger partial charge in [0.2, 0.25) is 6.79 Å². The van der Waals surface area contributed by atoms with Crippen LogP contribution in [0.1, 0.15) is 40.7 Å². The van der Waals surface area contributed by atoms with Gasteiger partial charge in [0, 0.05) is 30.8 Å². The highest BCUT2D eigenvalue weighted by atomic mass is 16.7. The lowest BCUT2D eigenvalue weighted by Crippen LogP contribution is -2.22. The number of aryl methyl sites for hydroxylation is 2. The summed E-state index contributed by atoms with van der Waals surface area (Å²) in [7, 11) is 1.85. The molecule has 2 aromatic rings. The highest BCUT2D eigenvalue weighted by Gasteiger charge is 2.21. The summed E-state index contributed by atoms with van der Waals surface area (Å²) < 4.78 is 17.3. The zero-order valence-corrected chi connectivity index (χ0v) is 16.8. The van der Waals surface area contributed by atoms with Crippen molar-refractivity contribution in [1.82, 2.24) is 9.78 Å². The van der Waals surface area contributed by atoms with E-state index in [1.807, 2.05) is 20.9 Å². The zero-order valence-electron chi connectivity index (χ0n) is 16.8. The number of nitrogens with one attached hydrogen (secondary N) is 1. The molecule has 29 heavy (non-hydrogen) atoms. The lowest BCUT2D eigenvalue weighted by Gasteiger charge is -2.11. The van der Waals surface area contributed by atoms with Gasteiger partial charge in [0.15, 0.2) is 23.9 Å². The first-order valence-corrected chi connectivity index (χ1v) is 9.15. The van der Waals surface area contributed by atoms with E-state index in [9.17, 15) is 14.4 Å². The Morgan fingerprint density at radius 3 is 2.52 bits per heavy atom. The Bertz CT molecular complexity index is 979. The summed E-state index contributed by atoms with van der Waals surface area (Å²) in [6.07, 6.45) is 0.631. The number of fused-ring (bicyclic) bond motifs is 1. The van der Waals surface area contributed by atoms with Crippen molar-refractivity contribution in [2.75, 3.05) is 18.7 Å². The van der Waals surface area contributed by atoms with Crippen molar-refractivity contribution < 1.29 is 28.6 Å². The minimum atomic E-state index is -0.548. The van der Waals surface area contributed by atoms with Gasteiger partial charge in [-0.2, -0.15) is 5.10 Å². The molecule has 154 valence electrons. The van der Waals surface area contributed by atoms with Crippen LogP contribution in [-0.4, -0.2) is 40.8 Å². The topological polar surface area (TPSA) is 109 Å². The quantitative estimate of drug-likeness (QED) is 0.559. The number of anilines is 1. The van der Waals surface area contributed by atoms with E-state index in [2.05, 4.69) is 10.4 Å². The zero-order chi connectivity index (χ0) is 21.1. The number of esters is 1. The molecule has 0 saturated carbocycles. The van der Waals surface area contributed by atoms with E-state index in [0.717, 1.165) is 17.0 Å². The van der Waals surface area contributed by atoms with Crippen LogP contribution in [-0.2, 0) is 27.8 Å². The molecule has 2 heterocycles. The molecular formula is C20H23N3O6. The van der Waals surface area contributed by atoms with Gasteiger partial charge < -0.3 is 19.5 Å². The number of benzene rings is 1. The average Bonchev–Trinajstić information content (AvgIpc) is 3.21. The van der Waals surface area contributed by atoms with Crippen molar-refractivity contribution in [3.8, 4) is 11.5 Å². The van der Waals surface area contributed by atoms with Crippen LogP contribution < -0.4 is 14.8 Å². The van der Waals surface area contributed by atoms with E-state index in [0.29, 0.717) is 17.9 Å². The van der Waals surface area contributed by atoms with Crippen LogP contribution in [0.25, 0.3) is 0 Å². The number of ketones is 1. The van der Waals surface area contributed by atoms with Gasteiger partial charge in [-0.05, 0) is 38.8 Å². The van der Waals surface area contributed by atoms with Gasteiger partial charge in [-0.25, -0.2) is 0 Å². The summed E-state index contributed by atoms with van der Waals surface area (Å²) in [5, 5.41) is 6.90. The van der Waals surface area contributed by atoms with Crippen LogP contribution in [0.3, 0.4) is 0 Å². The second-order valence-corrected chi connectivity index (χ2v) is 6.79. The first-order valence-electron chi connectivity index (χ1n) is 9.15.